The van der Waals surface area contributed by atoms with Gasteiger partial charge in [-0.3, -0.25) is 0 Å². The van der Waals surface area contributed by atoms with Crippen molar-refractivity contribution in [2.75, 3.05) is 31.7 Å². The van der Waals surface area contributed by atoms with Crippen LogP contribution in [-0.4, -0.2) is 35.2 Å². The van der Waals surface area contributed by atoms with Crippen LogP contribution < -0.4 is 5.32 Å². The smallest absolute Gasteiger partial charge is 0.385 e. The standard InChI is InChI=1S/C16H29NO3Si/c1-6-18-21(19-7-2,20-8-3)13-12-17-16-11-9-10-14(4)15(16)5/h9-11,17H,6-8,12-13H2,1-5H3. The van der Waals surface area contributed by atoms with Crippen LogP contribution in [0.4, 0.5) is 5.69 Å². The molecule has 0 fully saturated rings. The third-order valence-corrected chi connectivity index (χ3v) is 6.49. The molecule has 1 rings (SSSR count). The molecule has 1 aromatic rings. The second-order valence-electron chi connectivity index (χ2n) is 4.91. The van der Waals surface area contributed by atoms with Gasteiger partial charge in [-0.25, -0.2) is 0 Å². The Hall–Kier alpha value is -0.883. The van der Waals surface area contributed by atoms with Gasteiger partial charge in [0.15, 0.2) is 0 Å². The summed E-state index contributed by atoms with van der Waals surface area (Å²) < 4.78 is 17.6. The first-order valence-electron chi connectivity index (χ1n) is 7.80. The van der Waals surface area contributed by atoms with E-state index in [1.54, 1.807) is 0 Å². The van der Waals surface area contributed by atoms with Crippen molar-refractivity contribution in [3.63, 3.8) is 0 Å². The highest BCUT2D eigenvalue weighted by molar-refractivity contribution is 6.60. The first-order valence-corrected chi connectivity index (χ1v) is 9.73. The molecular weight excluding hydrogens is 282 g/mol. The van der Waals surface area contributed by atoms with Gasteiger partial charge < -0.3 is 18.6 Å². The molecule has 21 heavy (non-hydrogen) atoms. The molecule has 0 spiro atoms. The number of benzene rings is 1. The van der Waals surface area contributed by atoms with Crippen molar-refractivity contribution in [2.45, 2.75) is 40.7 Å². The largest absolute Gasteiger partial charge is 0.502 e. The second-order valence-corrected chi connectivity index (χ2v) is 7.64. The number of hydrogen-bond donors (Lipinski definition) is 1. The number of rotatable bonds is 10. The second kappa shape index (κ2) is 9.20. The fourth-order valence-corrected chi connectivity index (χ4v) is 4.73. The van der Waals surface area contributed by atoms with Crippen molar-refractivity contribution in [1.82, 2.24) is 0 Å². The van der Waals surface area contributed by atoms with Crippen molar-refractivity contribution < 1.29 is 13.3 Å². The Bertz CT molecular complexity index is 409. The van der Waals surface area contributed by atoms with E-state index in [1.807, 2.05) is 20.8 Å². The summed E-state index contributed by atoms with van der Waals surface area (Å²) in [6.07, 6.45) is 0. The average Bonchev–Trinajstić information content (AvgIpc) is 2.44. The fraction of sp³-hybridized carbons (Fsp3) is 0.625. The summed E-state index contributed by atoms with van der Waals surface area (Å²) in [5.74, 6) is 0. The summed E-state index contributed by atoms with van der Waals surface area (Å²) in [6.45, 7) is 12.9. The van der Waals surface area contributed by atoms with Crippen molar-refractivity contribution >= 4 is 14.5 Å². The van der Waals surface area contributed by atoms with E-state index in [9.17, 15) is 0 Å². The predicted octanol–water partition coefficient (Wildman–Crippen LogP) is 3.76. The van der Waals surface area contributed by atoms with E-state index in [0.717, 1.165) is 12.6 Å². The summed E-state index contributed by atoms with van der Waals surface area (Å²) >= 11 is 0. The third kappa shape index (κ3) is 5.43. The van der Waals surface area contributed by atoms with Crippen LogP contribution in [0.3, 0.4) is 0 Å². The van der Waals surface area contributed by atoms with Crippen LogP contribution in [-0.2, 0) is 13.3 Å². The average molecular weight is 311 g/mol. The van der Waals surface area contributed by atoms with Crippen LogP contribution in [0.5, 0.6) is 0 Å². The molecular formula is C16H29NO3Si. The fourth-order valence-electron chi connectivity index (χ4n) is 2.29. The Kier molecular flexibility index (Phi) is 7.96. The minimum absolute atomic E-state index is 0.621. The van der Waals surface area contributed by atoms with Crippen LogP contribution >= 0.6 is 0 Å². The quantitative estimate of drug-likeness (QED) is 0.668. The topological polar surface area (TPSA) is 39.7 Å². The molecule has 0 heterocycles. The summed E-state index contributed by atoms with van der Waals surface area (Å²) in [5, 5.41) is 3.48. The van der Waals surface area contributed by atoms with Crippen LogP contribution in [0, 0.1) is 13.8 Å². The number of nitrogens with one attached hydrogen (secondary N) is 1. The number of aryl methyl sites for hydroxylation is 1. The van der Waals surface area contributed by atoms with Gasteiger partial charge in [-0.05, 0) is 51.8 Å². The predicted molar refractivity (Wildman–Crippen MR) is 89.8 cm³/mol. The lowest BCUT2D eigenvalue weighted by atomic mass is 10.1. The molecule has 0 bridgehead atoms. The molecule has 0 saturated carbocycles. The van der Waals surface area contributed by atoms with Crippen molar-refractivity contribution in [3.05, 3.63) is 29.3 Å². The molecule has 0 aliphatic rings. The number of anilines is 1. The Balaban J connectivity index is 2.65. The van der Waals surface area contributed by atoms with E-state index in [-0.39, 0.29) is 0 Å². The van der Waals surface area contributed by atoms with E-state index in [1.165, 1.54) is 16.8 Å². The van der Waals surface area contributed by atoms with Gasteiger partial charge >= 0.3 is 8.80 Å². The molecule has 0 aromatic heterocycles. The zero-order chi connectivity index (χ0) is 15.7. The molecule has 0 radical (unpaired) electrons. The molecule has 0 saturated heterocycles. The van der Waals surface area contributed by atoms with Gasteiger partial charge in [-0.2, -0.15) is 0 Å². The minimum Gasteiger partial charge on any atom is -0.385 e. The van der Waals surface area contributed by atoms with E-state index in [4.69, 9.17) is 13.3 Å². The maximum atomic E-state index is 5.86. The van der Waals surface area contributed by atoms with Crippen molar-refractivity contribution in [3.8, 4) is 0 Å². The molecule has 0 atom stereocenters. The lowest BCUT2D eigenvalue weighted by molar-refractivity contribution is 0.0722. The molecule has 0 unspecified atom stereocenters. The normalized spacial score (nSPS) is 11.7. The Morgan fingerprint density at radius 1 is 0.952 bits per heavy atom. The van der Waals surface area contributed by atoms with E-state index in [2.05, 4.69) is 37.4 Å². The summed E-state index contributed by atoms with van der Waals surface area (Å²) in [6, 6.07) is 7.08. The van der Waals surface area contributed by atoms with Crippen LogP contribution in [0.25, 0.3) is 0 Å². The van der Waals surface area contributed by atoms with Crippen molar-refractivity contribution in [1.29, 1.82) is 0 Å². The first kappa shape index (κ1) is 18.2. The molecule has 0 aliphatic heterocycles. The van der Waals surface area contributed by atoms with Gasteiger partial charge in [0.25, 0.3) is 0 Å². The van der Waals surface area contributed by atoms with Gasteiger partial charge in [0, 0.05) is 38.1 Å². The van der Waals surface area contributed by atoms with Crippen LogP contribution in [0.2, 0.25) is 6.04 Å². The van der Waals surface area contributed by atoms with Gasteiger partial charge in [0.2, 0.25) is 0 Å². The maximum Gasteiger partial charge on any atom is 0.502 e. The highest BCUT2D eigenvalue weighted by atomic mass is 28.4. The van der Waals surface area contributed by atoms with Gasteiger partial charge in [0.05, 0.1) is 0 Å². The van der Waals surface area contributed by atoms with E-state index >= 15 is 0 Å². The highest BCUT2D eigenvalue weighted by Gasteiger charge is 2.39. The number of hydrogen-bond acceptors (Lipinski definition) is 4. The molecule has 1 N–H and O–H groups in total. The van der Waals surface area contributed by atoms with Crippen LogP contribution in [0.1, 0.15) is 31.9 Å². The lowest BCUT2D eigenvalue weighted by Crippen LogP contribution is -2.47. The zero-order valence-electron chi connectivity index (χ0n) is 14.0. The highest BCUT2D eigenvalue weighted by Crippen LogP contribution is 2.20. The molecule has 1 aromatic carbocycles. The molecule has 5 heteroatoms. The Labute approximate surface area is 130 Å². The maximum absolute atomic E-state index is 5.86. The monoisotopic (exact) mass is 311 g/mol. The zero-order valence-corrected chi connectivity index (χ0v) is 15.0. The van der Waals surface area contributed by atoms with Gasteiger partial charge in [-0.1, -0.05) is 12.1 Å². The lowest BCUT2D eigenvalue weighted by Gasteiger charge is -2.28. The minimum atomic E-state index is -2.54. The summed E-state index contributed by atoms with van der Waals surface area (Å²) in [5.41, 5.74) is 3.75. The van der Waals surface area contributed by atoms with Crippen molar-refractivity contribution in [2.24, 2.45) is 0 Å². The summed E-state index contributed by atoms with van der Waals surface area (Å²) in [4.78, 5) is 0. The Morgan fingerprint density at radius 3 is 2.05 bits per heavy atom. The molecule has 0 amide bonds. The SMILES string of the molecule is CCO[Si](CCNc1cccc(C)c1C)(OCC)OCC. The van der Waals surface area contributed by atoms with Gasteiger partial charge in [0.1, 0.15) is 0 Å². The first-order chi connectivity index (χ1) is 10.1. The van der Waals surface area contributed by atoms with E-state index in [0.29, 0.717) is 19.8 Å². The van der Waals surface area contributed by atoms with Gasteiger partial charge in [-0.15, -0.1) is 0 Å². The van der Waals surface area contributed by atoms with Crippen LogP contribution in [0.15, 0.2) is 18.2 Å². The molecule has 120 valence electrons. The third-order valence-electron chi connectivity index (χ3n) is 3.44. The molecule has 0 aliphatic carbocycles. The molecule has 4 nitrogen and oxygen atoms in total. The summed E-state index contributed by atoms with van der Waals surface area (Å²) in [7, 11) is -2.54. The van der Waals surface area contributed by atoms with E-state index < -0.39 is 8.80 Å². The Morgan fingerprint density at radius 2 is 1.52 bits per heavy atom.